The van der Waals surface area contributed by atoms with E-state index in [-0.39, 0.29) is 11.2 Å². The van der Waals surface area contributed by atoms with E-state index in [1.807, 2.05) is 19.1 Å². The Labute approximate surface area is 108 Å². The van der Waals surface area contributed by atoms with E-state index in [0.29, 0.717) is 4.34 Å². The molecule has 16 heavy (non-hydrogen) atoms. The average molecular weight is 275 g/mol. The minimum Gasteiger partial charge on any atom is -0.207 e. The molecule has 2 rings (SSSR count). The van der Waals surface area contributed by atoms with Crippen LogP contribution < -0.4 is 0 Å². The third kappa shape index (κ3) is 2.40. The number of thiophene rings is 1. The molecule has 0 spiro atoms. The van der Waals surface area contributed by atoms with Crippen molar-refractivity contribution in [1.29, 1.82) is 0 Å². The lowest BCUT2D eigenvalue weighted by molar-refractivity contribution is 0.625. The van der Waals surface area contributed by atoms with Crippen LogP contribution in [0.5, 0.6) is 0 Å². The smallest absolute Gasteiger partial charge is 0.123 e. The van der Waals surface area contributed by atoms with Crippen LogP contribution in [0.3, 0.4) is 0 Å². The maximum atomic E-state index is 13.0. The highest BCUT2D eigenvalue weighted by molar-refractivity contribution is 7.16. The van der Waals surface area contributed by atoms with E-state index in [2.05, 4.69) is 0 Å². The van der Waals surface area contributed by atoms with Gasteiger partial charge in [0, 0.05) is 4.88 Å². The van der Waals surface area contributed by atoms with Gasteiger partial charge in [0.1, 0.15) is 5.82 Å². The molecule has 0 radical (unpaired) electrons. The molecule has 2 aromatic rings. The van der Waals surface area contributed by atoms with E-state index in [4.69, 9.17) is 23.2 Å². The minimum atomic E-state index is -0.266. The van der Waals surface area contributed by atoms with Gasteiger partial charge in [-0.25, -0.2) is 4.39 Å². The molecular formula is C12H9Cl2FS. The number of alkyl halides is 1. The average Bonchev–Trinajstić information content (AvgIpc) is 2.64. The number of benzene rings is 1. The van der Waals surface area contributed by atoms with Crippen LogP contribution in [0, 0.1) is 12.7 Å². The first-order valence-corrected chi connectivity index (χ1v) is 6.36. The maximum Gasteiger partial charge on any atom is 0.123 e. The van der Waals surface area contributed by atoms with Crippen molar-refractivity contribution in [2.45, 2.75) is 12.3 Å². The molecule has 0 bridgehead atoms. The summed E-state index contributed by atoms with van der Waals surface area (Å²) in [6, 6.07) is 8.34. The van der Waals surface area contributed by atoms with Crippen LogP contribution in [-0.2, 0) is 0 Å². The van der Waals surface area contributed by atoms with Crippen LogP contribution >= 0.6 is 34.5 Å². The Kier molecular flexibility index (Phi) is 3.53. The van der Waals surface area contributed by atoms with Crippen LogP contribution in [0.25, 0.3) is 0 Å². The Morgan fingerprint density at radius 2 is 2.00 bits per heavy atom. The first-order chi connectivity index (χ1) is 7.58. The fourth-order valence-corrected chi connectivity index (χ4v) is 3.05. The van der Waals surface area contributed by atoms with Crippen molar-refractivity contribution in [1.82, 2.24) is 0 Å². The molecule has 0 fully saturated rings. The normalized spacial score (nSPS) is 12.8. The van der Waals surface area contributed by atoms with Crippen molar-refractivity contribution < 1.29 is 4.39 Å². The summed E-state index contributed by atoms with van der Waals surface area (Å²) in [5.41, 5.74) is 1.77. The third-order valence-corrected chi connectivity index (χ3v) is 4.24. The molecule has 0 saturated heterocycles. The second-order valence-corrected chi connectivity index (χ2v) is 5.69. The molecule has 0 aliphatic rings. The van der Waals surface area contributed by atoms with Crippen LogP contribution in [0.15, 0.2) is 30.3 Å². The standard InChI is InChI=1S/C12H9Cl2FS/c1-7-6-8(15)2-3-9(7)12(14)10-4-5-11(13)16-10/h2-6,12H,1H3. The van der Waals surface area contributed by atoms with E-state index >= 15 is 0 Å². The van der Waals surface area contributed by atoms with Crippen molar-refractivity contribution >= 4 is 34.5 Å². The fourth-order valence-electron chi connectivity index (χ4n) is 1.54. The number of rotatable bonds is 2. The Bertz CT molecular complexity index is 507. The summed E-state index contributed by atoms with van der Waals surface area (Å²) in [5.74, 6) is -0.241. The van der Waals surface area contributed by atoms with E-state index in [1.165, 1.54) is 23.5 Å². The molecule has 4 heteroatoms. The van der Waals surface area contributed by atoms with Gasteiger partial charge in [0.05, 0.1) is 9.71 Å². The zero-order valence-corrected chi connectivity index (χ0v) is 10.8. The summed E-state index contributed by atoms with van der Waals surface area (Å²) >= 11 is 13.6. The van der Waals surface area contributed by atoms with Gasteiger partial charge >= 0.3 is 0 Å². The topological polar surface area (TPSA) is 0 Å². The molecule has 1 heterocycles. The van der Waals surface area contributed by atoms with Crippen LogP contribution in [0.4, 0.5) is 4.39 Å². The summed E-state index contributed by atoms with van der Waals surface area (Å²) in [6.45, 7) is 1.85. The van der Waals surface area contributed by atoms with Gasteiger partial charge in [-0.2, -0.15) is 0 Å². The van der Waals surface area contributed by atoms with Crippen molar-refractivity contribution in [3.05, 3.63) is 56.5 Å². The molecule has 0 nitrogen and oxygen atoms in total. The predicted molar refractivity (Wildman–Crippen MR) is 68.2 cm³/mol. The number of hydrogen-bond donors (Lipinski definition) is 0. The van der Waals surface area contributed by atoms with Gasteiger partial charge < -0.3 is 0 Å². The van der Waals surface area contributed by atoms with Gasteiger partial charge in [0.15, 0.2) is 0 Å². The van der Waals surface area contributed by atoms with Crippen molar-refractivity contribution in [2.24, 2.45) is 0 Å². The van der Waals surface area contributed by atoms with Crippen LogP contribution in [0.1, 0.15) is 21.4 Å². The quantitative estimate of drug-likeness (QED) is 0.663. The van der Waals surface area contributed by atoms with Gasteiger partial charge in [0.2, 0.25) is 0 Å². The minimum absolute atomic E-state index is 0.241. The molecule has 0 amide bonds. The molecule has 1 atom stereocenters. The first kappa shape index (κ1) is 11.9. The van der Waals surface area contributed by atoms with Crippen molar-refractivity contribution in [3.8, 4) is 0 Å². The molecule has 0 saturated carbocycles. The Morgan fingerprint density at radius 3 is 2.56 bits per heavy atom. The third-order valence-electron chi connectivity index (χ3n) is 2.35. The Balaban J connectivity index is 2.37. The summed E-state index contributed by atoms with van der Waals surface area (Å²) in [4.78, 5) is 0.973. The lowest BCUT2D eigenvalue weighted by atomic mass is 10.0. The number of hydrogen-bond acceptors (Lipinski definition) is 1. The van der Waals surface area contributed by atoms with Crippen molar-refractivity contribution in [2.75, 3.05) is 0 Å². The number of aryl methyl sites for hydroxylation is 1. The molecule has 1 aromatic carbocycles. The molecule has 0 aliphatic heterocycles. The maximum absolute atomic E-state index is 13.0. The Hall–Kier alpha value is -0.570. The number of halogens is 3. The van der Waals surface area contributed by atoms with Gasteiger partial charge in [-0.15, -0.1) is 22.9 Å². The summed E-state index contributed by atoms with van der Waals surface area (Å²) < 4.78 is 13.7. The van der Waals surface area contributed by atoms with Gasteiger partial charge in [-0.3, -0.25) is 0 Å². The molecular weight excluding hydrogens is 266 g/mol. The molecule has 84 valence electrons. The van der Waals surface area contributed by atoms with E-state index in [0.717, 1.165) is 16.0 Å². The highest BCUT2D eigenvalue weighted by Gasteiger charge is 2.15. The lowest BCUT2D eigenvalue weighted by Crippen LogP contribution is -1.94. The highest BCUT2D eigenvalue weighted by atomic mass is 35.5. The Morgan fingerprint density at radius 1 is 1.25 bits per heavy atom. The second kappa shape index (κ2) is 4.74. The van der Waals surface area contributed by atoms with E-state index in [1.54, 1.807) is 6.07 Å². The van der Waals surface area contributed by atoms with Gasteiger partial charge in [-0.05, 0) is 42.3 Å². The molecule has 1 aromatic heterocycles. The summed E-state index contributed by atoms with van der Waals surface area (Å²) in [7, 11) is 0. The van der Waals surface area contributed by atoms with E-state index < -0.39 is 0 Å². The molecule has 0 aliphatic carbocycles. The van der Waals surface area contributed by atoms with Crippen LogP contribution in [0.2, 0.25) is 4.34 Å². The molecule has 1 unspecified atom stereocenters. The monoisotopic (exact) mass is 274 g/mol. The van der Waals surface area contributed by atoms with Gasteiger partial charge in [-0.1, -0.05) is 17.7 Å². The summed E-state index contributed by atoms with van der Waals surface area (Å²) in [6.07, 6.45) is 0. The zero-order chi connectivity index (χ0) is 11.7. The van der Waals surface area contributed by atoms with Gasteiger partial charge in [0.25, 0.3) is 0 Å². The summed E-state index contributed by atoms with van der Waals surface area (Å²) in [5, 5.41) is -0.266. The predicted octanol–water partition coefficient (Wildman–Crippen LogP) is 5.18. The SMILES string of the molecule is Cc1cc(F)ccc1C(Cl)c1ccc(Cl)s1. The first-order valence-electron chi connectivity index (χ1n) is 4.73. The van der Waals surface area contributed by atoms with E-state index in [9.17, 15) is 4.39 Å². The second-order valence-electron chi connectivity index (χ2n) is 3.51. The zero-order valence-electron chi connectivity index (χ0n) is 8.51. The molecule has 0 N–H and O–H groups in total. The fraction of sp³-hybridized carbons (Fsp3) is 0.167. The highest BCUT2D eigenvalue weighted by Crippen LogP contribution is 2.36. The largest absolute Gasteiger partial charge is 0.207 e. The van der Waals surface area contributed by atoms with Crippen LogP contribution in [-0.4, -0.2) is 0 Å². The van der Waals surface area contributed by atoms with Crippen molar-refractivity contribution in [3.63, 3.8) is 0 Å². The lowest BCUT2D eigenvalue weighted by Gasteiger charge is -2.10.